The Kier molecular flexibility index (Phi) is 2.75. The van der Waals surface area contributed by atoms with Crippen molar-refractivity contribution in [3.8, 4) is 5.75 Å². The van der Waals surface area contributed by atoms with Gasteiger partial charge in [-0.3, -0.25) is 14.7 Å². The zero-order valence-corrected chi connectivity index (χ0v) is 8.30. The molecule has 0 aliphatic carbocycles. The number of nitro groups is 1. The quantitative estimate of drug-likeness (QED) is 0.268. The van der Waals surface area contributed by atoms with Crippen molar-refractivity contribution in [1.82, 2.24) is 0 Å². The molecule has 0 aliphatic rings. The van der Waals surface area contributed by atoms with Crippen LogP contribution in [0.5, 0.6) is 5.75 Å². The molecule has 0 atom stereocenters. The number of nitrogens with zero attached hydrogens (tertiary/aromatic N) is 3. The summed E-state index contributed by atoms with van der Waals surface area (Å²) in [6.45, 7) is 0. The highest BCUT2D eigenvalue weighted by molar-refractivity contribution is 7.86. The van der Waals surface area contributed by atoms with Crippen LogP contribution in [0.3, 0.4) is 0 Å². The Morgan fingerprint density at radius 2 is 2.06 bits per heavy atom. The summed E-state index contributed by atoms with van der Waals surface area (Å²) in [6, 6.07) is 1.21. The van der Waals surface area contributed by atoms with Crippen LogP contribution in [0.2, 0.25) is 0 Å². The van der Waals surface area contributed by atoms with Crippen molar-refractivity contribution in [1.29, 1.82) is 5.39 Å². The Morgan fingerprint density at radius 1 is 1.50 bits per heavy atom. The molecule has 0 amide bonds. The van der Waals surface area contributed by atoms with Gasteiger partial charge in [0.2, 0.25) is 10.3 Å². The number of non-ortho nitro benzene ring substituents is 1. The van der Waals surface area contributed by atoms with Crippen LogP contribution >= 0.6 is 0 Å². The minimum Gasteiger partial charge on any atom is -0.587 e. The van der Waals surface area contributed by atoms with Crippen molar-refractivity contribution in [2.24, 2.45) is 0 Å². The van der Waals surface area contributed by atoms with Gasteiger partial charge in [-0.1, -0.05) is 0 Å². The van der Waals surface area contributed by atoms with E-state index in [9.17, 15) is 18.5 Å². The van der Waals surface area contributed by atoms with Crippen molar-refractivity contribution in [3.63, 3.8) is 0 Å². The molecular formula is C6H5N3O6S+2. The molecule has 16 heavy (non-hydrogen) atoms. The fourth-order valence-corrected chi connectivity index (χ4v) is 1.61. The van der Waals surface area contributed by atoms with Gasteiger partial charge < -0.3 is 5.11 Å². The second-order valence-corrected chi connectivity index (χ2v) is 4.06. The highest BCUT2D eigenvalue weighted by Crippen LogP contribution is 2.37. The van der Waals surface area contributed by atoms with E-state index in [1.807, 2.05) is 0 Å². The molecule has 0 unspecified atom stereocenters. The zero-order valence-electron chi connectivity index (χ0n) is 7.48. The molecule has 84 valence electrons. The summed E-state index contributed by atoms with van der Waals surface area (Å²) in [5.41, 5.74) is -1.33. The van der Waals surface area contributed by atoms with Gasteiger partial charge in [-0.05, 0) is 0 Å². The predicted octanol–water partition coefficient (Wildman–Crippen LogP) is 0.764. The fraction of sp³-hybridized carbons (Fsp3) is 0. The maximum Gasteiger partial charge on any atom is 0.486 e. The maximum absolute atomic E-state index is 10.8. The molecule has 0 radical (unpaired) electrons. The molecule has 9 nitrogen and oxygen atoms in total. The first-order valence-corrected chi connectivity index (χ1v) is 5.08. The van der Waals surface area contributed by atoms with Gasteiger partial charge in [0.15, 0.2) is 4.98 Å². The van der Waals surface area contributed by atoms with Gasteiger partial charge >= 0.3 is 21.6 Å². The molecule has 0 saturated heterocycles. The third-order valence-corrected chi connectivity index (χ3v) is 2.54. The first kappa shape index (κ1) is 11.8. The van der Waals surface area contributed by atoms with Crippen LogP contribution in [-0.4, -0.2) is 23.0 Å². The van der Waals surface area contributed by atoms with Crippen LogP contribution in [0, 0.1) is 15.5 Å². The number of rotatable bonds is 2. The van der Waals surface area contributed by atoms with E-state index in [1.165, 1.54) is 0 Å². The lowest BCUT2D eigenvalue weighted by molar-refractivity contribution is -0.385. The first-order valence-electron chi connectivity index (χ1n) is 3.64. The summed E-state index contributed by atoms with van der Waals surface area (Å²) >= 11 is 0. The molecule has 3 N–H and O–H groups in total. The summed E-state index contributed by atoms with van der Waals surface area (Å²) in [5, 5.41) is 26.0. The second kappa shape index (κ2) is 3.72. The van der Waals surface area contributed by atoms with E-state index in [0.29, 0.717) is 12.1 Å². The summed E-state index contributed by atoms with van der Waals surface area (Å²) < 4.78 is 30.3. The third-order valence-electron chi connectivity index (χ3n) is 1.66. The molecule has 0 spiro atoms. The second-order valence-electron chi connectivity index (χ2n) is 2.67. The molecule has 1 aromatic rings. The number of hydrogen-bond donors (Lipinski definition) is 1. The molecule has 1 rings (SSSR count). The van der Waals surface area contributed by atoms with Crippen molar-refractivity contribution in [2.75, 3.05) is 0 Å². The predicted molar refractivity (Wildman–Crippen MR) is 50.7 cm³/mol. The molecule has 0 aromatic heterocycles. The largest absolute Gasteiger partial charge is 0.587 e. The van der Waals surface area contributed by atoms with Crippen molar-refractivity contribution in [2.45, 2.75) is 4.90 Å². The van der Waals surface area contributed by atoms with Crippen molar-refractivity contribution in [3.05, 3.63) is 27.2 Å². The normalized spacial score (nSPS) is 10.8. The average molecular weight is 247 g/mol. The minimum atomic E-state index is -4.79. The summed E-state index contributed by atoms with van der Waals surface area (Å²) in [5.74, 6) is -0.824. The van der Waals surface area contributed by atoms with E-state index in [1.54, 1.807) is 0 Å². The Morgan fingerprint density at radius 3 is 2.44 bits per heavy atom. The Hall–Kier alpha value is -2.25. The molecular weight excluding hydrogens is 242 g/mol. The van der Waals surface area contributed by atoms with E-state index in [-0.39, 0.29) is 0 Å². The molecule has 0 aliphatic heterocycles. The van der Waals surface area contributed by atoms with Gasteiger partial charge in [0.1, 0.15) is 6.07 Å². The van der Waals surface area contributed by atoms with Crippen LogP contribution in [0.15, 0.2) is 17.0 Å². The smallest absolute Gasteiger partial charge is 0.486 e. The van der Waals surface area contributed by atoms with Gasteiger partial charge in [-0.15, -0.1) is 0 Å². The Balaban J connectivity index is 3.70. The number of hydrogen-bond acceptors (Lipinski definition) is 5. The van der Waals surface area contributed by atoms with Gasteiger partial charge in [0.05, 0.1) is 4.92 Å². The van der Waals surface area contributed by atoms with Crippen LogP contribution in [-0.2, 0) is 10.1 Å². The molecule has 0 heterocycles. The molecule has 0 fully saturated rings. The molecule has 0 saturated carbocycles. The van der Waals surface area contributed by atoms with Crippen LogP contribution in [0.1, 0.15) is 0 Å². The standard InChI is InChI=1S/C6H3N3O6S/c7-8-4-1-3(9(11)12)2-5(6(4)10)16(13,14)15/h1-2H,(H-,10,13,14,15)/p+2. The van der Waals surface area contributed by atoms with E-state index < -0.39 is 37.1 Å². The molecule has 0 bridgehead atoms. The maximum atomic E-state index is 10.8. The number of benzene rings is 1. The van der Waals surface area contributed by atoms with Crippen molar-refractivity contribution >= 4 is 21.5 Å². The lowest BCUT2D eigenvalue weighted by Gasteiger charge is -1.95. The van der Waals surface area contributed by atoms with Gasteiger partial charge in [-0.25, -0.2) is 0 Å². The van der Waals surface area contributed by atoms with E-state index in [2.05, 4.69) is 4.98 Å². The summed E-state index contributed by atoms with van der Waals surface area (Å²) in [7, 11) is -4.79. The number of diazo groups is 1. The lowest BCUT2D eigenvalue weighted by Crippen LogP contribution is -2.00. The summed E-state index contributed by atoms with van der Waals surface area (Å²) in [6.07, 6.45) is 0. The van der Waals surface area contributed by atoms with Gasteiger partial charge in [0.25, 0.3) is 5.69 Å². The van der Waals surface area contributed by atoms with Gasteiger partial charge in [-0.2, -0.15) is 8.42 Å². The Bertz CT molecular complexity index is 601. The minimum absolute atomic E-state index is 0.506. The van der Waals surface area contributed by atoms with Gasteiger partial charge in [0, 0.05) is 6.07 Å². The molecule has 10 heteroatoms. The highest BCUT2D eigenvalue weighted by atomic mass is 32.2. The van der Waals surface area contributed by atoms with E-state index >= 15 is 0 Å². The van der Waals surface area contributed by atoms with Crippen molar-refractivity contribution < 1.29 is 23.0 Å². The fourth-order valence-electron chi connectivity index (χ4n) is 0.974. The first-order chi connectivity index (χ1) is 7.27. The van der Waals surface area contributed by atoms with E-state index in [0.717, 1.165) is 0 Å². The summed E-state index contributed by atoms with van der Waals surface area (Å²) in [4.78, 5) is 11.0. The highest BCUT2D eigenvalue weighted by Gasteiger charge is 2.34. The number of nitro benzene ring substituents is 1. The monoisotopic (exact) mass is 247 g/mol. The SMILES string of the molecule is N#[N+]c1cc([N+](=O)[O-])cc(S(=O)(=O)O)c1[OH2+]. The zero-order chi connectivity index (χ0) is 12.5. The van der Waals surface area contributed by atoms with Crippen LogP contribution in [0.25, 0.3) is 4.98 Å². The third kappa shape index (κ3) is 2.05. The van der Waals surface area contributed by atoms with Crippen LogP contribution in [0.4, 0.5) is 11.4 Å². The topological polar surface area (TPSA) is 149 Å². The Labute approximate surface area is 88.5 Å². The molecule has 1 aromatic carbocycles. The average Bonchev–Trinajstić information content (AvgIpc) is 2.15. The lowest BCUT2D eigenvalue weighted by atomic mass is 10.2. The van der Waals surface area contributed by atoms with E-state index in [4.69, 9.17) is 15.1 Å². The van der Waals surface area contributed by atoms with Crippen LogP contribution < -0.4 is 0 Å².